The van der Waals surface area contributed by atoms with Gasteiger partial charge in [-0.1, -0.05) is 26.0 Å². The Morgan fingerprint density at radius 3 is 2.17 bits per heavy atom. The Morgan fingerprint density at radius 2 is 1.60 bits per heavy atom. The highest BCUT2D eigenvalue weighted by Gasteiger charge is 2.35. The fraction of sp³-hybridized carbons (Fsp3) is 0.444. The molecule has 0 aliphatic carbocycles. The average molecular weight is 484 g/mol. The molecule has 0 aromatic heterocycles. The first-order valence-corrected chi connectivity index (χ1v) is 12.0. The van der Waals surface area contributed by atoms with Crippen molar-refractivity contribution in [1.82, 2.24) is 15.5 Å². The highest BCUT2D eigenvalue weighted by molar-refractivity contribution is 5.98. The summed E-state index contributed by atoms with van der Waals surface area (Å²) < 4.78 is 19.2. The van der Waals surface area contributed by atoms with Crippen molar-refractivity contribution < 1.29 is 23.5 Å². The average Bonchev–Trinajstić information content (AvgIpc) is 2.87. The van der Waals surface area contributed by atoms with E-state index in [1.807, 2.05) is 20.8 Å². The fourth-order valence-electron chi connectivity index (χ4n) is 4.09. The fourth-order valence-corrected chi connectivity index (χ4v) is 4.09. The molecule has 35 heavy (non-hydrogen) atoms. The lowest BCUT2D eigenvalue weighted by Gasteiger charge is -2.36. The van der Waals surface area contributed by atoms with Crippen LogP contribution in [0.25, 0.3) is 0 Å². The van der Waals surface area contributed by atoms with Crippen LogP contribution in [-0.4, -0.2) is 54.9 Å². The van der Waals surface area contributed by atoms with Crippen molar-refractivity contribution in [3.8, 4) is 5.75 Å². The van der Waals surface area contributed by atoms with Gasteiger partial charge in [-0.15, -0.1) is 0 Å². The molecule has 0 saturated carbocycles. The molecule has 3 amide bonds. The maximum Gasteiger partial charge on any atom is 0.256 e. The molecule has 2 aromatic carbocycles. The van der Waals surface area contributed by atoms with Gasteiger partial charge in [0, 0.05) is 24.7 Å². The molecule has 3 rings (SSSR count). The van der Waals surface area contributed by atoms with Gasteiger partial charge in [0.2, 0.25) is 5.91 Å². The van der Waals surface area contributed by atoms with E-state index < -0.39 is 11.9 Å². The van der Waals surface area contributed by atoms with Gasteiger partial charge in [-0.2, -0.15) is 0 Å². The summed E-state index contributed by atoms with van der Waals surface area (Å²) in [5.41, 5.74) is 0.464. The highest BCUT2D eigenvalue weighted by Crippen LogP contribution is 2.24. The normalized spacial score (nSPS) is 15.9. The van der Waals surface area contributed by atoms with Crippen LogP contribution in [0.4, 0.5) is 4.39 Å². The van der Waals surface area contributed by atoms with E-state index in [0.717, 1.165) is 0 Å². The van der Waals surface area contributed by atoms with Crippen molar-refractivity contribution in [3.05, 3.63) is 65.5 Å². The van der Waals surface area contributed by atoms with Gasteiger partial charge in [0.25, 0.3) is 11.8 Å². The van der Waals surface area contributed by atoms with Crippen LogP contribution in [0.15, 0.2) is 48.5 Å². The molecule has 0 bridgehead atoms. The molecule has 1 aliphatic heterocycles. The van der Waals surface area contributed by atoms with Gasteiger partial charge in [0.05, 0.1) is 12.7 Å². The van der Waals surface area contributed by atoms with Crippen LogP contribution in [0, 0.1) is 17.7 Å². The topological polar surface area (TPSA) is 87.7 Å². The lowest BCUT2D eigenvalue weighted by Crippen LogP contribution is -2.55. The predicted octanol–water partition coefficient (Wildman–Crippen LogP) is 3.65. The first-order chi connectivity index (χ1) is 16.7. The van der Waals surface area contributed by atoms with Crippen LogP contribution >= 0.6 is 0 Å². The Labute approximate surface area is 206 Å². The third-order valence-electron chi connectivity index (χ3n) is 6.69. The number of ether oxygens (including phenoxy) is 1. The molecule has 0 unspecified atom stereocenters. The number of piperidine rings is 1. The second-order valence-corrected chi connectivity index (χ2v) is 9.33. The van der Waals surface area contributed by atoms with Crippen LogP contribution in [0.1, 0.15) is 54.3 Å². The number of rotatable bonds is 8. The number of likely N-dealkylation sites (tertiary alicyclic amines) is 1. The Balaban J connectivity index is 1.72. The third kappa shape index (κ3) is 6.59. The Morgan fingerprint density at radius 1 is 0.971 bits per heavy atom. The molecule has 0 radical (unpaired) electrons. The van der Waals surface area contributed by atoms with Crippen molar-refractivity contribution in [1.29, 1.82) is 0 Å². The van der Waals surface area contributed by atoms with Crippen LogP contribution in [0.5, 0.6) is 5.75 Å². The molecule has 7 nitrogen and oxygen atoms in total. The largest absolute Gasteiger partial charge is 0.497 e. The van der Waals surface area contributed by atoms with Crippen LogP contribution in [0.2, 0.25) is 0 Å². The summed E-state index contributed by atoms with van der Waals surface area (Å²) in [4.78, 5) is 40.6. The number of nitrogens with one attached hydrogen (secondary N) is 2. The minimum Gasteiger partial charge on any atom is -0.497 e. The van der Waals surface area contributed by atoms with Gasteiger partial charge in [0.1, 0.15) is 17.6 Å². The number of hydrogen-bond acceptors (Lipinski definition) is 4. The summed E-state index contributed by atoms with van der Waals surface area (Å²) in [7, 11) is 1.55. The summed E-state index contributed by atoms with van der Waals surface area (Å²) in [5, 5.41) is 5.93. The van der Waals surface area contributed by atoms with E-state index in [0.29, 0.717) is 37.2 Å². The molecule has 0 spiro atoms. The molecule has 2 N–H and O–H groups in total. The maximum absolute atomic E-state index is 14.1. The summed E-state index contributed by atoms with van der Waals surface area (Å²) in [6, 6.07) is 11.8. The number of amides is 3. The first kappa shape index (κ1) is 26.2. The number of benzene rings is 2. The molecular formula is C27H34FN3O4. The number of carbonyl (C=O) groups is 3. The van der Waals surface area contributed by atoms with Crippen molar-refractivity contribution >= 4 is 17.7 Å². The van der Waals surface area contributed by atoms with E-state index in [9.17, 15) is 18.8 Å². The lowest BCUT2D eigenvalue weighted by atomic mass is 9.87. The van der Waals surface area contributed by atoms with E-state index in [1.165, 1.54) is 12.1 Å². The Bertz CT molecular complexity index is 1030. The number of hydrogen-bond donors (Lipinski definition) is 2. The van der Waals surface area contributed by atoms with Gasteiger partial charge < -0.3 is 20.3 Å². The standard InChI is InChI=1S/C27H34FN3O4/c1-17(2)18(3)29-26(33)24(30-25(32)20-9-11-21(35-4)12-10-20)19-13-15-31(16-14-19)27(34)22-7-5-6-8-23(22)28/h5-12,17-19,24H,13-16H2,1-4H3,(H,29,33)(H,30,32)/t18-,24+/m0/s1. The van der Waals surface area contributed by atoms with E-state index in [4.69, 9.17) is 4.74 Å². The van der Waals surface area contributed by atoms with Gasteiger partial charge in [-0.25, -0.2) is 4.39 Å². The smallest absolute Gasteiger partial charge is 0.256 e. The van der Waals surface area contributed by atoms with Crippen molar-refractivity contribution in [3.63, 3.8) is 0 Å². The van der Waals surface area contributed by atoms with Crippen LogP contribution < -0.4 is 15.4 Å². The molecule has 188 valence electrons. The third-order valence-corrected chi connectivity index (χ3v) is 6.69. The zero-order valence-electron chi connectivity index (χ0n) is 20.7. The summed E-state index contributed by atoms with van der Waals surface area (Å²) >= 11 is 0. The van der Waals surface area contributed by atoms with Crippen molar-refractivity contribution in [2.75, 3.05) is 20.2 Å². The zero-order valence-corrected chi connectivity index (χ0v) is 20.7. The highest BCUT2D eigenvalue weighted by atomic mass is 19.1. The maximum atomic E-state index is 14.1. The minimum atomic E-state index is -0.753. The van der Waals surface area contributed by atoms with Gasteiger partial charge >= 0.3 is 0 Å². The van der Waals surface area contributed by atoms with E-state index in [2.05, 4.69) is 10.6 Å². The SMILES string of the molecule is COc1ccc(C(=O)N[C@@H](C(=O)N[C@@H](C)C(C)C)C2CCN(C(=O)c3ccccc3F)CC2)cc1. The van der Waals surface area contributed by atoms with Gasteiger partial charge in [-0.05, 0) is 68.0 Å². The quantitative estimate of drug-likeness (QED) is 0.600. The molecule has 1 saturated heterocycles. The van der Waals surface area contributed by atoms with E-state index >= 15 is 0 Å². The van der Waals surface area contributed by atoms with E-state index in [1.54, 1.807) is 48.4 Å². The second-order valence-electron chi connectivity index (χ2n) is 9.33. The molecule has 2 aromatic rings. The van der Waals surface area contributed by atoms with Crippen molar-refractivity contribution in [2.24, 2.45) is 11.8 Å². The number of methoxy groups -OCH3 is 1. The summed E-state index contributed by atoms with van der Waals surface area (Å²) in [6.45, 7) is 6.71. The zero-order chi connectivity index (χ0) is 25.5. The summed E-state index contributed by atoms with van der Waals surface area (Å²) in [5.74, 6) is -0.807. The number of carbonyl (C=O) groups excluding carboxylic acids is 3. The first-order valence-electron chi connectivity index (χ1n) is 12.0. The minimum absolute atomic E-state index is 0.0406. The lowest BCUT2D eigenvalue weighted by molar-refractivity contribution is -0.125. The number of nitrogens with zero attached hydrogens (tertiary/aromatic N) is 1. The Hall–Kier alpha value is -3.42. The van der Waals surface area contributed by atoms with Gasteiger partial charge in [-0.3, -0.25) is 14.4 Å². The predicted molar refractivity (Wildman–Crippen MR) is 132 cm³/mol. The molecule has 1 aliphatic rings. The van der Waals surface area contributed by atoms with E-state index in [-0.39, 0.29) is 41.2 Å². The monoisotopic (exact) mass is 483 g/mol. The second kappa shape index (κ2) is 11.8. The van der Waals surface area contributed by atoms with Crippen LogP contribution in [-0.2, 0) is 4.79 Å². The molecule has 2 atom stereocenters. The summed E-state index contributed by atoms with van der Waals surface area (Å²) in [6.07, 6.45) is 1.02. The number of halogens is 1. The van der Waals surface area contributed by atoms with Crippen molar-refractivity contribution in [2.45, 2.75) is 45.7 Å². The molecular weight excluding hydrogens is 449 g/mol. The molecule has 1 fully saturated rings. The van der Waals surface area contributed by atoms with Gasteiger partial charge in [0.15, 0.2) is 0 Å². The molecule has 8 heteroatoms. The molecule has 1 heterocycles. The van der Waals surface area contributed by atoms with Crippen LogP contribution in [0.3, 0.4) is 0 Å². The Kier molecular flexibility index (Phi) is 8.84.